The van der Waals surface area contributed by atoms with E-state index in [4.69, 9.17) is 0 Å². The Bertz CT molecular complexity index is 453. The van der Waals surface area contributed by atoms with E-state index in [0.29, 0.717) is 5.75 Å². The molecule has 102 valence electrons. The molecule has 18 heavy (non-hydrogen) atoms. The first kappa shape index (κ1) is 15.1. The van der Waals surface area contributed by atoms with Crippen molar-refractivity contribution >= 4 is 12.6 Å². The molecule has 0 aliphatic heterocycles. The number of rotatable bonds is 4. The SMILES string of the molecule is CC(C)C(CS)Cn1c(C(F)(F)F)cccc1=O. The predicted molar refractivity (Wildman–Crippen MR) is 67.9 cm³/mol. The summed E-state index contributed by atoms with van der Waals surface area (Å²) < 4.78 is 39.2. The molecule has 0 radical (unpaired) electrons. The van der Waals surface area contributed by atoms with Crippen LogP contribution in [0.3, 0.4) is 0 Å². The van der Waals surface area contributed by atoms with Gasteiger partial charge in [0.05, 0.1) is 0 Å². The molecule has 1 aromatic rings. The summed E-state index contributed by atoms with van der Waals surface area (Å²) in [6.45, 7) is 3.85. The topological polar surface area (TPSA) is 22.0 Å². The molecular formula is C12H16F3NOS. The highest BCUT2D eigenvalue weighted by Gasteiger charge is 2.34. The Balaban J connectivity index is 3.19. The molecule has 1 rings (SSSR count). The molecule has 0 aliphatic carbocycles. The van der Waals surface area contributed by atoms with Crippen LogP contribution in [0, 0.1) is 11.8 Å². The summed E-state index contributed by atoms with van der Waals surface area (Å²) in [5.41, 5.74) is -1.53. The summed E-state index contributed by atoms with van der Waals surface area (Å²) in [4.78, 5) is 11.6. The second-order valence-corrected chi connectivity index (χ2v) is 4.91. The lowest BCUT2D eigenvalue weighted by atomic mass is 9.97. The zero-order valence-electron chi connectivity index (χ0n) is 10.2. The lowest BCUT2D eigenvalue weighted by Crippen LogP contribution is -2.31. The number of thiol groups is 1. The summed E-state index contributed by atoms with van der Waals surface area (Å²) in [6.07, 6.45) is -4.52. The Hall–Kier alpha value is -0.910. The molecular weight excluding hydrogens is 263 g/mol. The number of hydrogen-bond acceptors (Lipinski definition) is 2. The second kappa shape index (κ2) is 5.82. The normalized spacial score (nSPS) is 13.9. The van der Waals surface area contributed by atoms with Gasteiger partial charge in [-0.15, -0.1) is 0 Å². The largest absolute Gasteiger partial charge is 0.431 e. The summed E-state index contributed by atoms with van der Waals surface area (Å²) >= 11 is 4.13. The number of aromatic nitrogens is 1. The van der Waals surface area contributed by atoms with Crippen molar-refractivity contribution in [1.82, 2.24) is 4.57 Å². The molecule has 0 bridgehead atoms. The average Bonchev–Trinajstić information content (AvgIpc) is 2.25. The van der Waals surface area contributed by atoms with Crippen LogP contribution in [0.5, 0.6) is 0 Å². The number of halogens is 3. The Morgan fingerprint density at radius 1 is 1.33 bits per heavy atom. The lowest BCUT2D eigenvalue weighted by Gasteiger charge is -2.22. The second-order valence-electron chi connectivity index (χ2n) is 4.54. The van der Waals surface area contributed by atoms with Crippen molar-refractivity contribution in [2.75, 3.05) is 5.75 Å². The summed E-state index contributed by atoms with van der Waals surface area (Å²) in [5, 5.41) is 0. The third-order valence-corrected chi connectivity index (χ3v) is 3.40. The van der Waals surface area contributed by atoms with Crippen LogP contribution in [-0.4, -0.2) is 10.3 Å². The molecule has 0 amide bonds. The van der Waals surface area contributed by atoms with Crippen LogP contribution in [0.25, 0.3) is 0 Å². The first-order valence-electron chi connectivity index (χ1n) is 5.65. The van der Waals surface area contributed by atoms with E-state index >= 15 is 0 Å². The third-order valence-electron chi connectivity index (χ3n) is 2.93. The van der Waals surface area contributed by atoms with Gasteiger partial charge in [-0.25, -0.2) is 0 Å². The van der Waals surface area contributed by atoms with E-state index in [1.165, 1.54) is 0 Å². The fourth-order valence-electron chi connectivity index (χ4n) is 1.67. The van der Waals surface area contributed by atoms with Gasteiger partial charge in [-0.05, 0) is 23.7 Å². The molecule has 0 saturated heterocycles. The van der Waals surface area contributed by atoms with Crippen molar-refractivity contribution in [1.29, 1.82) is 0 Å². The molecule has 0 saturated carbocycles. The maximum absolute atomic E-state index is 12.8. The molecule has 1 heterocycles. The Morgan fingerprint density at radius 3 is 2.39 bits per heavy atom. The first-order valence-corrected chi connectivity index (χ1v) is 6.28. The number of alkyl halides is 3. The van der Waals surface area contributed by atoms with Gasteiger partial charge in [-0.2, -0.15) is 25.8 Å². The van der Waals surface area contributed by atoms with Gasteiger partial charge in [0, 0.05) is 12.6 Å². The standard InChI is InChI=1S/C12H16F3NOS/c1-8(2)9(7-18)6-16-10(12(13,14)15)4-3-5-11(16)17/h3-5,8-9,18H,6-7H2,1-2H3. The van der Waals surface area contributed by atoms with E-state index < -0.39 is 17.4 Å². The third kappa shape index (κ3) is 3.54. The molecule has 1 atom stereocenters. The van der Waals surface area contributed by atoms with Gasteiger partial charge in [0.1, 0.15) is 5.69 Å². The summed E-state index contributed by atoms with van der Waals surface area (Å²) in [6, 6.07) is 3.20. The number of hydrogen-bond donors (Lipinski definition) is 1. The van der Waals surface area contributed by atoms with Gasteiger partial charge in [0.25, 0.3) is 5.56 Å². The van der Waals surface area contributed by atoms with Crippen LogP contribution in [0.4, 0.5) is 13.2 Å². The minimum absolute atomic E-state index is 0.0374. The molecule has 0 N–H and O–H groups in total. The van der Waals surface area contributed by atoms with Crippen LogP contribution in [0.2, 0.25) is 0 Å². The minimum atomic E-state index is -4.52. The number of nitrogens with zero attached hydrogens (tertiary/aromatic N) is 1. The summed E-state index contributed by atoms with van der Waals surface area (Å²) in [5.74, 6) is 0.529. The van der Waals surface area contributed by atoms with Gasteiger partial charge in [0.2, 0.25) is 0 Å². The average molecular weight is 279 g/mol. The van der Waals surface area contributed by atoms with Crippen LogP contribution in [0.1, 0.15) is 19.5 Å². The highest BCUT2D eigenvalue weighted by Crippen LogP contribution is 2.29. The maximum atomic E-state index is 12.8. The predicted octanol–water partition coefficient (Wildman–Crippen LogP) is 3.07. The van der Waals surface area contributed by atoms with Crippen molar-refractivity contribution in [3.8, 4) is 0 Å². The number of pyridine rings is 1. The maximum Gasteiger partial charge on any atom is 0.431 e. The monoisotopic (exact) mass is 279 g/mol. The highest BCUT2D eigenvalue weighted by atomic mass is 32.1. The summed E-state index contributed by atoms with van der Waals surface area (Å²) in [7, 11) is 0. The quantitative estimate of drug-likeness (QED) is 0.841. The first-order chi connectivity index (χ1) is 8.27. The molecule has 1 unspecified atom stereocenters. The van der Waals surface area contributed by atoms with Gasteiger partial charge >= 0.3 is 6.18 Å². The fraction of sp³-hybridized carbons (Fsp3) is 0.583. The van der Waals surface area contributed by atoms with Crippen LogP contribution >= 0.6 is 12.6 Å². The van der Waals surface area contributed by atoms with E-state index in [0.717, 1.165) is 22.8 Å². The van der Waals surface area contributed by atoms with Gasteiger partial charge in [0.15, 0.2) is 0 Å². The Kier molecular flexibility index (Phi) is 4.90. The van der Waals surface area contributed by atoms with Crippen molar-refractivity contribution in [3.05, 3.63) is 34.2 Å². The van der Waals surface area contributed by atoms with Crippen molar-refractivity contribution < 1.29 is 13.2 Å². The molecule has 6 heteroatoms. The van der Waals surface area contributed by atoms with Crippen molar-refractivity contribution in [2.24, 2.45) is 11.8 Å². The van der Waals surface area contributed by atoms with E-state index in [1.54, 1.807) is 0 Å². The van der Waals surface area contributed by atoms with Crippen LogP contribution in [-0.2, 0) is 12.7 Å². The van der Waals surface area contributed by atoms with E-state index in [-0.39, 0.29) is 18.4 Å². The molecule has 1 aromatic heterocycles. The fourth-order valence-corrected chi connectivity index (χ4v) is 2.21. The minimum Gasteiger partial charge on any atom is -0.304 e. The zero-order chi connectivity index (χ0) is 13.9. The zero-order valence-corrected chi connectivity index (χ0v) is 11.1. The molecule has 0 fully saturated rings. The van der Waals surface area contributed by atoms with E-state index in [9.17, 15) is 18.0 Å². The van der Waals surface area contributed by atoms with Crippen molar-refractivity contribution in [3.63, 3.8) is 0 Å². The van der Waals surface area contributed by atoms with E-state index in [2.05, 4.69) is 12.6 Å². The van der Waals surface area contributed by atoms with Gasteiger partial charge < -0.3 is 4.57 Å². The molecule has 2 nitrogen and oxygen atoms in total. The van der Waals surface area contributed by atoms with E-state index in [1.807, 2.05) is 13.8 Å². The molecule has 0 aliphatic rings. The Morgan fingerprint density at radius 2 is 1.94 bits per heavy atom. The molecule has 0 spiro atoms. The van der Waals surface area contributed by atoms with Gasteiger partial charge in [-0.3, -0.25) is 4.79 Å². The Labute approximate surface area is 109 Å². The van der Waals surface area contributed by atoms with Crippen LogP contribution < -0.4 is 5.56 Å². The molecule has 0 aromatic carbocycles. The lowest BCUT2D eigenvalue weighted by molar-refractivity contribution is -0.144. The smallest absolute Gasteiger partial charge is 0.304 e. The van der Waals surface area contributed by atoms with Crippen molar-refractivity contribution in [2.45, 2.75) is 26.6 Å². The van der Waals surface area contributed by atoms with Crippen LogP contribution in [0.15, 0.2) is 23.0 Å². The highest BCUT2D eigenvalue weighted by molar-refractivity contribution is 7.80. The van der Waals surface area contributed by atoms with Gasteiger partial charge in [-0.1, -0.05) is 19.9 Å².